The van der Waals surface area contributed by atoms with Crippen LogP contribution in [-0.4, -0.2) is 36.1 Å². The number of nitrogens with one attached hydrogen (secondary N) is 2. The average Bonchev–Trinajstić information content (AvgIpc) is 3.54. The molecule has 0 bridgehead atoms. The van der Waals surface area contributed by atoms with E-state index in [1.54, 1.807) is 31.5 Å². The third-order valence-electron chi connectivity index (χ3n) is 6.95. The van der Waals surface area contributed by atoms with E-state index in [1.165, 1.54) is 11.3 Å². The molecule has 8 nitrogen and oxygen atoms in total. The number of hydrogen-bond donors (Lipinski definition) is 4. The predicted molar refractivity (Wildman–Crippen MR) is 132 cm³/mol. The van der Waals surface area contributed by atoms with Gasteiger partial charge in [-0.3, -0.25) is 4.79 Å². The van der Waals surface area contributed by atoms with Gasteiger partial charge in [0.25, 0.3) is 0 Å². The zero-order valence-electron chi connectivity index (χ0n) is 19.7. The molecule has 0 radical (unpaired) electrons. The normalized spacial score (nSPS) is 20.0. The number of alkyl halides is 3. The summed E-state index contributed by atoms with van der Waals surface area (Å²) < 4.78 is 39.2. The van der Waals surface area contributed by atoms with E-state index < -0.39 is 23.4 Å². The van der Waals surface area contributed by atoms with Gasteiger partial charge in [0, 0.05) is 40.7 Å². The number of halogens is 3. The van der Waals surface area contributed by atoms with Crippen LogP contribution < -0.4 is 5.32 Å². The minimum atomic E-state index is -4.59. The molecule has 0 amide bonds. The quantitative estimate of drug-likeness (QED) is 0.243. The Morgan fingerprint density at radius 1 is 1.16 bits per heavy atom. The van der Waals surface area contributed by atoms with Gasteiger partial charge in [-0.25, -0.2) is 15.0 Å². The van der Waals surface area contributed by atoms with Crippen molar-refractivity contribution in [3.8, 4) is 10.4 Å². The van der Waals surface area contributed by atoms with Crippen LogP contribution >= 0.6 is 11.3 Å². The smallest absolute Gasteiger partial charge is 0.433 e. The van der Waals surface area contributed by atoms with E-state index in [1.807, 2.05) is 6.07 Å². The first-order chi connectivity index (χ1) is 17.5. The fourth-order valence-electron chi connectivity index (χ4n) is 4.86. The number of hydrogen-bond acceptors (Lipinski definition) is 7. The second-order valence-corrected chi connectivity index (χ2v) is 10.4. The maximum atomic E-state index is 13.1. The van der Waals surface area contributed by atoms with Gasteiger partial charge in [-0.2, -0.15) is 13.2 Å². The second kappa shape index (κ2) is 9.42. The van der Waals surface area contributed by atoms with Crippen LogP contribution in [0.4, 0.5) is 24.8 Å². The number of anilines is 2. The lowest BCUT2D eigenvalue weighted by Crippen LogP contribution is -2.35. The first-order valence-corrected chi connectivity index (χ1v) is 12.5. The number of aliphatic carboxylic acids is 1. The number of rotatable bonds is 6. The number of carbonyl (C=O) groups is 1. The second-order valence-electron chi connectivity index (χ2n) is 9.41. The summed E-state index contributed by atoms with van der Waals surface area (Å²) in [4.78, 5) is 27.2. The number of carboxylic acids is 1. The average molecular weight is 532 g/mol. The van der Waals surface area contributed by atoms with Gasteiger partial charge in [0.2, 0.25) is 5.95 Å². The third-order valence-corrected chi connectivity index (χ3v) is 8.20. The molecule has 4 aromatic rings. The highest BCUT2D eigenvalue weighted by molar-refractivity contribution is 7.15. The standard InChI is InChI=1S/C25H24F3N5O3S/c1-24(36,14-4-2-13(3-5-14)21(34)35)22-31-12-19(37-22)17-10-15(11-18-16(17)6-8-29-18)32-23-30-9-7-20(33-23)25(26,27)28/h6-14,29,36H,2-5H2,1H3,(H,34,35)(H,30,32,33)/t13-,14-,24-/m1/s1. The van der Waals surface area contributed by atoms with Gasteiger partial charge in [0.05, 0.1) is 10.8 Å². The minimum absolute atomic E-state index is 0.111. The molecular formula is C25H24F3N5O3S. The maximum Gasteiger partial charge on any atom is 0.433 e. The highest BCUT2D eigenvalue weighted by Gasteiger charge is 2.40. The van der Waals surface area contributed by atoms with Crippen LogP contribution in [0, 0.1) is 11.8 Å². The Morgan fingerprint density at radius 2 is 1.92 bits per heavy atom. The number of aromatic nitrogens is 4. The van der Waals surface area contributed by atoms with Crippen LogP contribution in [0.5, 0.6) is 0 Å². The zero-order valence-corrected chi connectivity index (χ0v) is 20.5. The molecule has 1 aliphatic carbocycles. The molecule has 0 spiro atoms. The number of benzene rings is 1. The van der Waals surface area contributed by atoms with Crippen molar-refractivity contribution in [2.45, 2.75) is 44.4 Å². The molecule has 1 aliphatic rings. The molecule has 1 saturated carbocycles. The molecule has 3 aromatic heterocycles. The number of aliphatic hydroxyl groups is 1. The van der Waals surface area contributed by atoms with Crippen molar-refractivity contribution in [3.63, 3.8) is 0 Å². The van der Waals surface area contributed by atoms with E-state index in [0.717, 1.165) is 33.6 Å². The molecule has 0 unspecified atom stereocenters. The Kier molecular flexibility index (Phi) is 6.40. The van der Waals surface area contributed by atoms with Gasteiger partial charge in [-0.05, 0) is 62.8 Å². The van der Waals surface area contributed by atoms with Crippen molar-refractivity contribution in [3.05, 3.63) is 53.6 Å². The van der Waals surface area contributed by atoms with E-state index in [4.69, 9.17) is 0 Å². The summed E-state index contributed by atoms with van der Waals surface area (Å²) in [7, 11) is 0. The Bertz CT molecular complexity index is 1440. The van der Waals surface area contributed by atoms with Crippen molar-refractivity contribution in [1.29, 1.82) is 0 Å². The monoisotopic (exact) mass is 531 g/mol. The molecule has 194 valence electrons. The van der Waals surface area contributed by atoms with Crippen molar-refractivity contribution in [2.24, 2.45) is 11.8 Å². The van der Waals surface area contributed by atoms with Gasteiger partial charge in [0.15, 0.2) is 0 Å². The summed E-state index contributed by atoms with van der Waals surface area (Å²) in [6.45, 7) is 1.72. The largest absolute Gasteiger partial charge is 0.481 e. The predicted octanol–water partition coefficient (Wildman–Crippen LogP) is 5.94. The molecule has 1 aromatic carbocycles. The molecular weight excluding hydrogens is 507 g/mol. The molecule has 5 rings (SSSR count). The number of thiazole rings is 1. The molecule has 12 heteroatoms. The maximum absolute atomic E-state index is 13.1. The lowest BCUT2D eigenvalue weighted by atomic mass is 9.74. The van der Waals surface area contributed by atoms with E-state index in [2.05, 4.69) is 25.3 Å². The van der Waals surface area contributed by atoms with Gasteiger partial charge in [-0.15, -0.1) is 11.3 Å². The van der Waals surface area contributed by atoms with Crippen LogP contribution in [0.2, 0.25) is 0 Å². The van der Waals surface area contributed by atoms with E-state index in [-0.39, 0.29) is 17.8 Å². The molecule has 3 heterocycles. The van der Waals surface area contributed by atoms with Gasteiger partial charge < -0.3 is 20.5 Å². The number of carboxylic acid groups (broad SMARTS) is 1. The summed E-state index contributed by atoms with van der Waals surface area (Å²) in [5.41, 5.74) is -0.246. The highest BCUT2D eigenvalue weighted by Crippen LogP contribution is 2.44. The van der Waals surface area contributed by atoms with Gasteiger partial charge >= 0.3 is 12.1 Å². The van der Waals surface area contributed by atoms with Crippen LogP contribution in [0.25, 0.3) is 21.3 Å². The van der Waals surface area contributed by atoms with E-state index >= 15 is 0 Å². The fraction of sp³-hybridized carbons (Fsp3) is 0.360. The van der Waals surface area contributed by atoms with Gasteiger partial charge in [0.1, 0.15) is 16.3 Å². The van der Waals surface area contributed by atoms with Crippen LogP contribution in [0.15, 0.2) is 42.9 Å². The van der Waals surface area contributed by atoms with Crippen molar-refractivity contribution in [1.82, 2.24) is 19.9 Å². The zero-order chi connectivity index (χ0) is 26.4. The third kappa shape index (κ3) is 5.03. The van der Waals surface area contributed by atoms with Crippen molar-refractivity contribution in [2.75, 3.05) is 5.32 Å². The highest BCUT2D eigenvalue weighted by atomic mass is 32.1. The Morgan fingerprint density at radius 3 is 2.62 bits per heavy atom. The Hall–Kier alpha value is -3.51. The first kappa shape index (κ1) is 25.2. The Balaban J connectivity index is 1.43. The summed E-state index contributed by atoms with van der Waals surface area (Å²) >= 11 is 1.33. The van der Waals surface area contributed by atoms with Crippen LogP contribution in [0.1, 0.15) is 43.3 Å². The SMILES string of the molecule is C[C@](O)(c1ncc(-c2cc(Nc3nccc(C(F)(F)F)n3)cc3[nH]ccc23)s1)[C@H]1CC[C@H](C(=O)O)CC1. The Labute approximate surface area is 213 Å². The van der Waals surface area contributed by atoms with Gasteiger partial charge in [-0.1, -0.05) is 0 Å². The molecule has 1 fully saturated rings. The summed E-state index contributed by atoms with van der Waals surface area (Å²) in [5.74, 6) is -1.47. The molecule has 0 aliphatic heterocycles. The fourth-order valence-corrected chi connectivity index (χ4v) is 5.93. The van der Waals surface area contributed by atoms with Crippen molar-refractivity contribution >= 4 is 39.8 Å². The molecule has 4 N–H and O–H groups in total. The number of aromatic amines is 1. The van der Waals surface area contributed by atoms with Crippen LogP contribution in [0.3, 0.4) is 0 Å². The molecule has 1 atom stereocenters. The number of nitrogens with zero attached hydrogens (tertiary/aromatic N) is 3. The molecule has 0 saturated heterocycles. The summed E-state index contributed by atoms with van der Waals surface area (Å²) in [5, 5.41) is 24.9. The lowest BCUT2D eigenvalue weighted by molar-refractivity contribution is -0.144. The topological polar surface area (TPSA) is 124 Å². The first-order valence-electron chi connectivity index (χ1n) is 11.7. The lowest BCUT2D eigenvalue weighted by Gasteiger charge is -2.35. The molecule has 37 heavy (non-hydrogen) atoms. The van der Waals surface area contributed by atoms with E-state index in [9.17, 15) is 28.2 Å². The van der Waals surface area contributed by atoms with Crippen LogP contribution in [-0.2, 0) is 16.6 Å². The van der Waals surface area contributed by atoms with E-state index in [0.29, 0.717) is 36.4 Å². The number of fused-ring (bicyclic) bond motifs is 1. The number of H-pyrrole nitrogens is 1. The van der Waals surface area contributed by atoms with Crippen molar-refractivity contribution < 1.29 is 28.2 Å². The summed E-state index contributed by atoms with van der Waals surface area (Å²) in [6, 6.07) is 6.23. The minimum Gasteiger partial charge on any atom is -0.481 e. The summed E-state index contributed by atoms with van der Waals surface area (Å²) in [6.07, 6.45) is 2.12.